The Kier molecular flexibility index (Phi) is 5.78. The molecule has 0 unspecified atom stereocenters. The lowest BCUT2D eigenvalue weighted by Crippen LogP contribution is -2.38. The predicted molar refractivity (Wildman–Crippen MR) is 71.4 cm³/mol. The van der Waals surface area contributed by atoms with E-state index in [-0.39, 0.29) is 11.5 Å². The van der Waals surface area contributed by atoms with Crippen LogP contribution in [0.2, 0.25) is 0 Å². The number of rotatable bonds is 8. The molecule has 0 spiro atoms. The zero-order valence-corrected chi connectivity index (χ0v) is 13.9. The number of cyclic esters (lactones) is 1. The van der Waals surface area contributed by atoms with E-state index in [4.69, 9.17) is 18.4 Å². The van der Waals surface area contributed by atoms with Crippen molar-refractivity contribution in [2.24, 2.45) is 0 Å². The second kappa shape index (κ2) is 6.81. The van der Waals surface area contributed by atoms with Crippen LogP contribution in [-0.4, -0.2) is 68.4 Å². The highest BCUT2D eigenvalue weighted by atomic mass is 32.2. The number of carbonyl (C=O) groups is 1. The zero-order valence-electron chi connectivity index (χ0n) is 12.3. The number of hydrogen-bond acceptors (Lipinski definition) is 10. The van der Waals surface area contributed by atoms with Gasteiger partial charge >= 0.3 is 5.97 Å². The molecule has 0 saturated heterocycles. The molecule has 10 nitrogen and oxygen atoms in total. The van der Waals surface area contributed by atoms with Crippen LogP contribution in [0.3, 0.4) is 0 Å². The van der Waals surface area contributed by atoms with E-state index in [0.717, 1.165) is 12.5 Å². The number of methoxy groups -OCH3 is 2. The van der Waals surface area contributed by atoms with E-state index in [1.165, 1.54) is 14.2 Å². The smallest absolute Gasteiger partial charge is 0.378 e. The van der Waals surface area contributed by atoms with Crippen LogP contribution in [0.5, 0.6) is 0 Å². The van der Waals surface area contributed by atoms with Crippen molar-refractivity contribution in [3.8, 4) is 0 Å². The lowest BCUT2D eigenvalue weighted by atomic mass is 10.2. The molecule has 22 heavy (non-hydrogen) atoms. The van der Waals surface area contributed by atoms with E-state index in [2.05, 4.69) is 4.18 Å². The molecule has 0 aliphatic carbocycles. The van der Waals surface area contributed by atoms with Crippen molar-refractivity contribution < 1.29 is 44.2 Å². The molecule has 1 aliphatic heterocycles. The molecule has 0 radical (unpaired) electrons. The average molecular weight is 360 g/mol. The van der Waals surface area contributed by atoms with Gasteiger partial charge in [0.2, 0.25) is 5.76 Å². The first-order valence-electron chi connectivity index (χ1n) is 5.74. The Morgan fingerprint density at radius 1 is 1.09 bits per heavy atom. The number of esters is 1. The van der Waals surface area contributed by atoms with Gasteiger partial charge in [-0.1, -0.05) is 0 Å². The molecule has 1 heterocycles. The molecule has 0 fully saturated rings. The first kappa shape index (κ1) is 18.7. The summed E-state index contributed by atoms with van der Waals surface area (Å²) in [6.07, 6.45) is -1.26. The van der Waals surface area contributed by atoms with Gasteiger partial charge in [-0.2, -0.15) is 16.8 Å². The summed E-state index contributed by atoms with van der Waals surface area (Å²) >= 11 is 0. The molecule has 0 amide bonds. The van der Waals surface area contributed by atoms with Crippen molar-refractivity contribution in [3.63, 3.8) is 0 Å². The van der Waals surface area contributed by atoms with E-state index in [9.17, 15) is 21.6 Å². The minimum atomic E-state index is -3.99. The number of ether oxygens (including phenoxy) is 3. The summed E-state index contributed by atoms with van der Waals surface area (Å²) in [4.78, 5) is 11.6. The average Bonchev–Trinajstić information content (AvgIpc) is 2.68. The van der Waals surface area contributed by atoms with E-state index >= 15 is 0 Å². The zero-order chi connectivity index (χ0) is 17.1. The molecule has 0 aromatic heterocycles. The maximum absolute atomic E-state index is 11.6. The fourth-order valence-corrected chi connectivity index (χ4v) is 2.66. The second-order valence-electron chi connectivity index (χ2n) is 4.25. The van der Waals surface area contributed by atoms with Crippen LogP contribution in [-0.2, 0) is 47.6 Å². The first-order chi connectivity index (χ1) is 9.98. The summed E-state index contributed by atoms with van der Waals surface area (Å²) in [7, 11) is -5.45. The molecular weight excluding hydrogens is 344 g/mol. The molecule has 1 rings (SSSR count). The predicted octanol–water partition coefficient (Wildman–Crippen LogP) is -1.26. The summed E-state index contributed by atoms with van der Waals surface area (Å²) in [5.41, 5.74) is 0. The van der Waals surface area contributed by atoms with Gasteiger partial charge in [-0.3, -0.25) is 8.37 Å². The van der Waals surface area contributed by atoms with Gasteiger partial charge in [0.05, 0.1) is 33.3 Å². The van der Waals surface area contributed by atoms with Gasteiger partial charge in [0.25, 0.3) is 20.2 Å². The molecular formula is C10H16O10S2. The Bertz CT molecular complexity index is 660. The maximum Gasteiger partial charge on any atom is 0.378 e. The van der Waals surface area contributed by atoms with Gasteiger partial charge in [0, 0.05) is 0 Å². The standard InChI is InChI=1S/C10H16O10S2/c1-16-8-7(19-10(11)9(8)17-2)6(20-22(4,14)15)5-18-21(3,12)13/h6-7H,5H2,1-4H3/t6-,7+/m0/s1. The Balaban J connectivity index is 3.10. The Hall–Kier alpha value is -1.37. The van der Waals surface area contributed by atoms with Crippen molar-refractivity contribution in [2.45, 2.75) is 12.2 Å². The molecule has 2 atom stereocenters. The number of carbonyl (C=O) groups excluding carboxylic acids is 1. The maximum atomic E-state index is 11.6. The van der Waals surface area contributed by atoms with Crippen molar-refractivity contribution in [1.82, 2.24) is 0 Å². The third kappa shape index (κ3) is 5.12. The highest BCUT2D eigenvalue weighted by molar-refractivity contribution is 7.86. The Labute approximate surface area is 128 Å². The molecule has 1 aliphatic rings. The van der Waals surface area contributed by atoms with Gasteiger partial charge in [-0.05, 0) is 0 Å². The summed E-state index contributed by atoms with van der Waals surface area (Å²) in [5.74, 6) is -1.29. The van der Waals surface area contributed by atoms with Crippen molar-refractivity contribution in [3.05, 3.63) is 11.5 Å². The summed E-state index contributed by atoms with van der Waals surface area (Å²) in [5, 5.41) is 0. The molecule has 0 aromatic rings. The third-order valence-corrected chi connectivity index (χ3v) is 3.57. The van der Waals surface area contributed by atoms with E-state index < -0.39 is 45.0 Å². The van der Waals surface area contributed by atoms with Gasteiger partial charge in [-0.15, -0.1) is 0 Å². The highest BCUT2D eigenvalue weighted by Gasteiger charge is 2.44. The van der Waals surface area contributed by atoms with Gasteiger partial charge in [0.1, 0.15) is 6.10 Å². The molecule has 0 bridgehead atoms. The van der Waals surface area contributed by atoms with E-state index in [1.54, 1.807) is 0 Å². The topological polar surface area (TPSA) is 132 Å². The number of hydrogen-bond donors (Lipinski definition) is 0. The second-order valence-corrected chi connectivity index (χ2v) is 7.50. The normalized spacial score (nSPS) is 20.7. The molecule has 0 saturated carbocycles. The fraction of sp³-hybridized carbons (Fsp3) is 0.700. The van der Waals surface area contributed by atoms with Crippen molar-refractivity contribution >= 4 is 26.2 Å². The van der Waals surface area contributed by atoms with Crippen LogP contribution in [0.25, 0.3) is 0 Å². The quantitative estimate of drug-likeness (QED) is 0.381. The monoisotopic (exact) mass is 360 g/mol. The lowest BCUT2D eigenvalue weighted by molar-refractivity contribution is -0.146. The minimum Gasteiger partial charge on any atom is -0.493 e. The molecule has 0 aromatic carbocycles. The van der Waals surface area contributed by atoms with Crippen molar-refractivity contribution in [2.75, 3.05) is 33.3 Å². The van der Waals surface area contributed by atoms with Crippen LogP contribution in [0.1, 0.15) is 0 Å². The van der Waals surface area contributed by atoms with Gasteiger partial charge in [-0.25, -0.2) is 4.79 Å². The van der Waals surface area contributed by atoms with Crippen LogP contribution in [0.15, 0.2) is 11.5 Å². The van der Waals surface area contributed by atoms with E-state index in [0.29, 0.717) is 0 Å². The Morgan fingerprint density at radius 3 is 2.09 bits per heavy atom. The van der Waals surface area contributed by atoms with Crippen molar-refractivity contribution in [1.29, 1.82) is 0 Å². The lowest BCUT2D eigenvalue weighted by Gasteiger charge is -2.22. The highest BCUT2D eigenvalue weighted by Crippen LogP contribution is 2.28. The van der Waals surface area contributed by atoms with E-state index in [1.807, 2.05) is 0 Å². The van der Waals surface area contributed by atoms with Crippen LogP contribution in [0, 0.1) is 0 Å². The molecule has 0 N–H and O–H groups in total. The van der Waals surface area contributed by atoms with Gasteiger partial charge < -0.3 is 14.2 Å². The minimum absolute atomic E-state index is 0.127. The Morgan fingerprint density at radius 2 is 1.68 bits per heavy atom. The largest absolute Gasteiger partial charge is 0.493 e. The van der Waals surface area contributed by atoms with Crippen LogP contribution in [0.4, 0.5) is 0 Å². The van der Waals surface area contributed by atoms with Crippen LogP contribution >= 0.6 is 0 Å². The molecule has 12 heteroatoms. The first-order valence-corrected chi connectivity index (χ1v) is 9.37. The SMILES string of the molecule is COC1=C(OC)[C@@H]([C@H](COS(C)(=O)=O)OS(C)(=O)=O)OC1=O. The molecule has 128 valence electrons. The van der Waals surface area contributed by atoms with Gasteiger partial charge in [0.15, 0.2) is 11.9 Å². The third-order valence-electron chi connectivity index (χ3n) is 2.41. The van der Waals surface area contributed by atoms with Crippen LogP contribution < -0.4 is 0 Å². The summed E-state index contributed by atoms with van der Waals surface area (Å²) in [6.45, 7) is -0.701. The summed E-state index contributed by atoms with van der Waals surface area (Å²) < 4.78 is 68.6. The summed E-state index contributed by atoms with van der Waals surface area (Å²) in [6, 6.07) is 0. The fourth-order valence-electron chi connectivity index (χ4n) is 1.67.